The fourth-order valence-corrected chi connectivity index (χ4v) is 1.90. The van der Waals surface area contributed by atoms with Crippen molar-refractivity contribution in [2.45, 2.75) is 19.4 Å². The molecule has 0 bridgehead atoms. The van der Waals surface area contributed by atoms with Crippen LogP contribution in [0.2, 0.25) is 0 Å². The first kappa shape index (κ1) is 11.0. The number of nitrogens with two attached hydrogens (primary N) is 1. The molecule has 2 N–H and O–H groups in total. The van der Waals surface area contributed by atoms with Gasteiger partial charge >= 0.3 is 0 Å². The van der Waals surface area contributed by atoms with Crippen LogP contribution < -0.4 is 15.4 Å². The van der Waals surface area contributed by atoms with E-state index in [1.165, 1.54) is 0 Å². The first-order chi connectivity index (χ1) is 7.74. The second kappa shape index (κ2) is 4.53. The van der Waals surface area contributed by atoms with Crippen molar-refractivity contribution in [1.29, 1.82) is 0 Å². The predicted octanol–water partition coefficient (Wildman–Crippen LogP) is 1.15. The molecule has 2 rings (SSSR count). The Bertz CT molecular complexity index is 392. The van der Waals surface area contributed by atoms with Crippen LogP contribution in [0.15, 0.2) is 24.3 Å². The summed E-state index contributed by atoms with van der Waals surface area (Å²) in [7, 11) is 0. The van der Waals surface area contributed by atoms with Crippen molar-refractivity contribution in [1.82, 2.24) is 0 Å². The monoisotopic (exact) mass is 220 g/mol. The smallest absolute Gasteiger partial charge is 0.244 e. The Kier molecular flexibility index (Phi) is 3.10. The molecule has 0 aliphatic carbocycles. The normalized spacial score (nSPS) is 20.2. The number of hydrogen-bond acceptors (Lipinski definition) is 3. The topological polar surface area (TPSA) is 55.6 Å². The summed E-state index contributed by atoms with van der Waals surface area (Å²) in [5.41, 5.74) is 6.52. The van der Waals surface area contributed by atoms with Crippen LogP contribution in [0.1, 0.15) is 13.3 Å². The summed E-state index contributed by atoms with van der Waals surface area (Å²) in [5.74, 6) is 0.722. The van der Waals surface area contributed by atoms with E-state index in [9.17, 15) is 4.79 Å². The van der Waals surface area contributed by atoms with Crippen molar-refractivity contribution in [3.05, 3.63) is 24.3 Å². The molecular formula is C12H16N2O2. The van der Waals surface area contributed by atoms with E-state index < -0.39 is 0 Å². The quantitative estimate of drug-likeness (QED) is 0.831. The van der Waals surface area contributed by atoms with Gasteiger partial charge in [0.05, 0.1) is 18.3 Å². The van der Waals surface area contributed by atoms with Crippen LogP contribution in [-0.4, -0.2) is 25.1 Å². The van der Waals surface area contributed by atoms with E-state index in [2.05, 4.69) is 0 Å². The predicted molar refractivity (Wildman–Crippen MR) is 62.6 cm³/mol. The number of anilines is 1. The van der Waals surface area contributed by atoms with Gasteiger partial charge in [-0.05, 0) is 25.5 Å². The van der Waals surface area contributed by atoms with E-state index in [1.807, 2.05) is 31.2 Å². The highest BCUT2D eigenvalue weighted by atomic mass is 16.5. The van der Waals surface area contributed by atoms with Gasteiger partial charge in [-0.1, -0.05) is 12.1 Å². The molecule has 1 aliphatic heterocycles. The van der Waals surface area contributed by atoms with Crippen molar-refractivity contribution in [3.8, 4) is 5.75 Å². The van der Waals surface area contributed by atoms with Gasteiger partial charge in [-0.25, -0.2) is 0 Å². The highest BCUT2D eigenvalue weighted by Gasteiger charge is 2.30. The first-order valence-electron chi connectivity index (χ1n) is 5.53. The standard InChI is InChI=1S/C12H16N2O2/c1-2-16-11-6-4-3-5-10(11)14-8-7-9(13)12(14)15/h3-6,9H,2,7-8,13H2,1H3. The molecule has 0 saturated carbocycles. The maximum Gasteiger partial charge on any atom is 0.244 e. The fraction of sp³-hybridized carbons (Fsp3) is 0.417. The third kappa shape index (κ3) is 1.88. The lowest BCUT2D eigenvalue weighted by atomic mass is 10.2. The average Bonchev–Trinajstić information content (AvgIpc) is 2.61. The second-order valence-electron chi connectivity index (χ2n) is 3.79. The molecular weight excluding hydrogens is 204 g/mol. The number of hydrogen-bond donors (Lipinski definition) is 1. The zero-order valence-corrected chi connectivity index (χ0v) is 9.35. The molecule has 16 heavy (non-hydrogen) atoms. The van der Waals surface area contributed by atoms with Crippen LogP contribution in [0.5, 0.6) is 5.75 Å². The van der Waals surface area contributed by atoms with Crippen molar-refractivity contribution in [3.63, 3.8) is 0 Å². The van der Waals surface area contributed by atoms with Crippen LogP contribution in [0.4, 0.5) is 5.69 Å². The number of rotatable bonds is 3. The Morgan fingerprint density at radius 3 is 2.88 bits per heavy atom. The molecule has 0 aromatic heterocycles. The minimum absolute atomic E-state index is 0.0212. The van der Waals surface area contributed by atoms with Gasteiger partial charge < -0.3 is 15.4 Å². The number of benzene rings is 1. The summed E-state index contributed by atoms with van der Waals surface area (Å²) in [4.78, 5) is 13.5. The minimum Gasteiger partial charge on any atom is -0.492 e. The minimum atomic E-state index is -0.366. The number of nitrogens with zero attached hydrogens (tertiary/aromatic N) is 1. The van der Waals surface area contributed by atoms with Gasteiger partial charge in [-0.15, -0.1) is 0 Å². The van der Waals surface area contributed by atoms with Gasteiger partial charge in [-0.3, -0.25) is 4.79 Å². The van der Waals surface area contributed by atoms with E-state index in [0.29, 0.717) is 19.6 Å². The van der Waals surface area contributed by atoms with Crippen LogP contribution in [0.25, 0.3) is 0 Å². The third-order valence-electron chi connectivity index (χ3n) is 2.70. The van der Waals surface area contributed by atoms with Gasteiger partial charge in [0, 0.05) is 6.54 Å². The van der Waals surface area contributed by atoms with Crippen molar-refractivity contribution < 1.29 is 9.53 Å². The number of amides is 1. The van der Waals surface area contributed by atoms with E-state index >= 15 is 0 Å². The lowest BCUT2D eigenvalue weighted by Crippen LogP contribution is -2.34. The molecule has 4 heteroatoms. The zero-order valence-electron chi connectivity index (χ0n) is 9.35. The molecule has 1 saturated heterocycles. The van der Waals surface area contributed by atoms with Gasteiger partial charge in [0.15, 0.2) is 0 Å². The van der Waals surface area contributed by atoms with Crippen molar-refractivity contribution in [2.75, 3.05) is 18.1 Å². The molecule has 0 spiro atoms. The maximum absolute atomic E-state index is 11.8. The fourth-order valence-electron chi connectivity index (χ4n) is 1.90. The summed E-state index contributed by atoms with van der Waals surface area (Å²) in [6, 6.07) is 7.19. The van der Waals surface area contributed by atoms with E-state index in [1.54, 1.807) is 4.90 Å². The Morgan fingerprint density at radius 1 is 1.50 bits per heavy atom. The number of carbonyl (C=O) groups excluding carboxylic acids is 1. The SMILES string of the molecule is CCOc1ccccc1N1CCC(N)C1=O. The lowest BCUT2D eigenvalue weighted by Gasteiger charge is -2.19. The van der Waals surface area contributed by atoms with E-state index in [4.69, 9.17) is 10.5 Å². The Hall–Kier alpha value is -1.55. The summed E-state index contributed by atoms with van der Waals surface area (Å²) < 4.78 is 5.50. The summed E-state index contributed by atoms with van der Waals surface area (Å²) in [6.45, 7) is 3.18. The van der Waals surface area contributed by atoms with Gasteiger partial charge in [0.2, 0.25) is 5.91 Å². The maximum atomic E-state index is 11.8. The molecule has 1 aromatic carbocycles. The Balaban J connectivity index is 2.29. The lowest BCUT2D eigenvalue weighted by molar-refractivity contribution is -0.118. The molecule has 0 radical (unpaired) electrons. The van der Waals surface area contributed by atoms with Crippen LogP contribution in [0, 0.1) is 0 Å². The molecule has 1 atom stereocenters. The van der Waals surface area contributed by atoms with Gasteiger partial charge in [0.1, 0.15) is 5.75 Å². The molecule has 1 fully saturated rings. The van der Waals surface area contributed by atoms with Crippen LogP contribution in [0.3, 0.4) is 0 Å². The molecule has 1 heterocycles. The highest BCUT2D eigenvalue weighted by molar-refractivity contribution is 6.00. The number of carbonyl (C=O) groups is 1. The second-order valence-corrected chi connectivity index (χ2v) is 3.79. The van der Waals surface area contributed by atoms with E-state index in [0.717, 1.165) is 11.4 Å². The molecule has 4 nitrogen and oxygen atoms in total. The van der Waals surface area contributed by atoms with Crippen LogP contribution >= 0.6 is 0 Å². The first-order valence-corrected chi connectivity index (χ1v) is 5.53. The molecule has 86 valence electrons. The molecule has 1 unspecified atom stereocenters. The average molecular weight is 220 g/mol. The number of ether oxygens (including phenoxy) is 1. The Morgan fingerprint density at radius 2 is 2.25 bits per heavy atom. The van der Waals surface area contributed by atoms with Crippen molar-refractivity contribution >= 4 is 11.6 Å². The van der Waals surface area contributed by atoms with Crippen LogP contribution in [-0.2, 0) is 4.79 Å². The van der Waals surface area contributed by atoms with Gasteiger partial charge in [0.25, 0.3) is 0 Å². The zero-order chi connectivity index (χ0) is 11.5. The molecule has 1 aliphatic rings. The van der Waals surface area contributed by atoms with Gasteiger partial charge in [-0.2, -0.15) is 0 Å². The summed E-state index contributed by atoms with van der Waals surface area (Å²) in [6.07, 6.45) is 0.708. The molecule has 1 aromatic rings. The Labute approximate surface area is 95.0 Å². The summed E-state index contributed by atoms with van der Waals surface area (Å²) in [5, 5.41) is 0. The van der Waals surface area contributed by atoms with Crippen molar-refractivity contribution in [2.24, 2.45) is 5.73 Å². The number of para-hydroxylation sites is 2. The summed E-state index contributed by atoms with van der Waals surface area (Å²) >= 11 is 0. The highest BCUT2D eigenvalue weighted by Crippen LogP contribution is 2.30. The molecule has 1 amide bonds. The van der Waals surface area contributed by atoms with E-state index in [-0.39, 0.29) is 11.9 Å². The third-order valence-corrected chi connectivity index (χ3v) is 2.70. The largest absolute Gasteiger partial charge is 0.492 e.